The second-order valence-corrected chi connectivity index (χ2v) is 6.78. The summed E-state index contributed by atoms with van der Waals surface area (Å²) in [5.74, 6) is 0.484. The van der Waals surface area contributed by atoms with Gasteiger partial charge in [-0.1, -0.05) is 41.9 Å². The summed E-state index contributed by atoms with van der Waals surface area (Å²) in [7, 11) is 3.40. The van der Waals surface area contributed by atoms with Crippen LogP contribution in [0.2, 0.25) is 5.02 Å². The first-order valence-electron chi connectivity index (χ1n) is 8.34. The molecule has 0 bridgehead atoms. The second-order valence-electron chi connectivity index (χ2n) is 6.34. The molecule has 134 valence electrons. The zero-order valence-electron chi connectivity index (χ0n) is 14.9. The number of nitrogens with zero attached hydrogens (tertiary/aromatic N) is 3. The van der Waals surface area contributed by atoms with Crippen molar-refractivity contribution in [3.8, 4) is 0 Å². The van der Waals surface area contributed by atoms with Gasteiger partial charge in [0.25, 0.3) is 5.56 Å². The van der Waals surface area contributed by atoms with Gasteiger partial charge in [-0.3, -0.25) is 14.2 Å². The van der Waals surface area contributed by atoms with Gasteiger partial charge in [-0.05, 0) is 30.7 Å². The Morgan fingerprint density at radius 3 is 2.62 bits per heavy atom. The standard InChI is InChI=1S/C20H20ClN3O2/c1-13(23(2)18(25)11-14-7-5-4-6-8-14)19-22-17-12-15(21)9-10-16(17)20(26)24(19)3/h4-10,12-13H,11H2,1-3H3. The minimum Gasteiger partial charge on any atom is -0.336 e. The fourth-order valence-electron chi connectivity index (χ4n) is 2.92. The van der Waals surface area contributed by atoms with Gasteiger partial charge in [0, 0.05) is 19.1 Å². The largest absolute Gasteiger partial charge is 0.336 e. The van der Waals surface area contributed by atoms with E-state index in [0.717, 1.165) is 5.56 Å². The smallest absolute Gasteiger partial charge is 0.261 e. The molecule has 2 aromatic carbocycles. The van der Waals surface area contributed by atoms with Crippen molar-refractivity contribution in [2.45, 2.75) is 19.4 Å². The number of amides is 1. The molecule has 0 N–H and O–H groups in total. The Morgan fingerprint density at radius 2 is 1.92 bits per heavy atom. The first kappa shape index (κ1) is 18.1. The lowest BCUT2D eigenvalue weighted by molar-refractivity contribution is -0.131. The Balaban J connectivity index is 1.93. The molecule has 0 fully saturated rings. The van der Waals surface area contributed by atoms with Crippen LogP contribution < -0.4 is 5.56 Å². The molecule has 0 saturated heterocycles. The molecule has 6 heteroatoms. The number of carbonyl (C=O) groups is 1. The van der Waals surface area contributed by atoms with E-state index in [1.54, 1.807) is 37.2 Å². The molecule has 3 aromatic rings. The van der Waals surface area contributed by atoms with Crippen LogP contribution in [0.1, 0.15) is 24.4 Å². The van der Waals surface area contributed by atoms with Crippen molar-refractivity contribution in [1.82, 2.24) is 14.5 Å². The minimum absolute atomic E-state index is 0.0378. The zero-order valence-corrected chi connectivity index (χ0v) is 15.7. The highest BCUT2D eigenvalue weighted by Crippen LogP contribution is 2.21. The van der Waals surface area contributed by atoms with Crippen LogP contribution in [-0.4, -0.2) is 27.4 Å². The number of fused-ring (bicyclic) bond motifs is 1. The molecule has 0 aliphatic heterocycles. The summed E-state index contributed by atoms with van der Waals surface area (Å²) in [4.78, 5) is 31.5. The number of likely N-dealkylation sites (N-methyl/N-ethyl adjacent to an activating group) is 1. The summed E-state index contributed by atoms with van der Waals surface area (Å²) < 4.78 is 1.49. The number of hydrogen-bond donors (Lipinski definition) is 0. The quantitative estimate of drug-likeness (QED) is 0.708. The summed E-state index contributed by atoms with van der Waals surface area (Å²) in [5, 5.41) is 1.02. The molecule has 1 heterocycles. The molecule has 0 aliphatic carbocycles. The Bertz CT molecular complexity index is 1010. The Hall–Kier alpha value is -2.66. The molecule has 5 nitrogen and oxygen atoms in total. The van der Waals surface area contributed by atoms with E-state index in [4.69, 9.17) is 11.6 Å². The predicted molar refractivity (Wildman–Crippen MR) is 103 cm³/mol. The van der Waals surface area contributed by atoms with Crippen LogP contribution in [0.25, 0.3) is 10.9 Å². The van der Waals surface area contributed by atoms with Gasteiger partial charge in [0.15, 0.2) is 0 Å². The number of rotatable bonds is 4. The highest BCUT2D eigenvalue weighted by molar-refractivity contribution is 6.31. The summed E-state index contributed by atoms with van der Waals surface area (Å²) in [6.07, 6.45) is 0.301. The van der Waals surface area contributed by atoms with Crippen molar-refractivity contribution in [2.24, 2.45) is 7.05 Å². The van der Waals surface area contributed by atoms with E-state index in [2.05, 4.69) is 4.98 Å². The first-order chi connectivity index (χ1) is 12.4. The van der Waals surface area contributed by atoms with Gasteiger partial charge >= 0.3 is 0 Å². The van der Waals surface area contributed by atoms with Crippen LogP contribution in [0.15, 0.2) is 53.3 Å². The zero-order chi connectivity index (χ0) is 18.8. The third-order valence-corrected chi connectivity index (χ3v) is 4.85. The van der Waals surface area contributed by atoms with E-state index in [1.807, 2.05) is 37.3 Å². The normalized spacial score (nSPS) is 12.2. The van der Waals surface area contributed by atoms with E-state index in [1.165, 1.54) is 4.57 Å². The topological polar surface area (TPSA) is 55.2 Å². The Morgan fingerprint density at radius 1 is 1.23 bits per heavy atom. The lowest BCUT2D eigenvalue weighted by Crippen LogP contribution is -2.35. The van der Waals surface area contributed by atoms with E-state index in [-0.39, 0.29) is 17.5 Å². The van der Waals surface area contributed by atoms with Crippen molar-refractivity contribution >= 4 is 28.4 Å². The summed E-state index contributed by atoms with van der Waals surface area (Å²) in [5.41, 5.74) is 1.33. The number of halogens is 1. The predicted octanol–water partition coefficient (Wildman–Crippen LogP) is 3.35. The fraction of sp³-hybridized carbons (Fsp3) is 0.250. The third kappa shape index (κ3) is 3.48. The molecule has 26 heavy (non-hydrogen) atoms. The maximum atomic E-state index is 12.6. The van der Waals surface area contributed by atoms with Gasteiger partial charge in [-0.15, -0.1) is 0 Å². The molecule has 0 saturated carbocycles. The molecular formula is C20H20ClN3O2. The van der Waals surface area contributed by atoms with E-state index in [0.29, 0.717) is 28.2 Å². The molecule has 3 rings (SSSR count). The average molecular weight is 370 g/mol. The van der Waals surface area contributed by atoms with Crippen LogP contribution in [0.4, 0.5) is 0 Å². The van der Waals surface area contributed by atoms with Gasteiger partial charge in [0.05, 0.1) is 23.4 Å². The monoisotopic (exact) mass is 369 g/mol. The molecule has 1 amide bonds. The van der Waals surface area contributed by atoms with Crippen LogP contribution in [-0.2, 0) is 18.3 Å². The van der Waals surface area contributed by atoms with E-state index in [9.17, 15) is 9.59 Å². The van der Waals surface area contributed by atoms with Crippen molar-refractivity contribution in [3.05, 3.63) is 75.3 Å². The van der Waals surface area contributed by atoms with Crippen LogP contribution in [0, 0.1) is 0 Å². The second kappa shape index (κ2) is 7.30. The van der Waals surface area contributed by atoms with Crippen molar-refractivity contribution in [1.29, 1.82) is 0 Å². The van der Waals surface area contributed by atoms with Crippen molar-refractivity contribution in [2.75, 3.05) is 7.05 Å². The van der Waals surface area contributed by atoms with Crippen LogP contribution in [0.5, 0.6) is 0 Å². The molecule has 1 aromatic heterocycles. The minimum atomic E-state index is -0.354. The van der Waals surface area contributed by atoms with Gasteiger partial charge in [-0.2, -0.15) is 0 Å². The highest BCUT2D eigenvalue weighted by Gasteiger charge is 2.22. The molecule has 0 aliphatic rings. The lowest BCUT2D eigenvalue weighted by Gasteiger charge is -2.26. The maximum absolute atomic E-state index is 12.6. The molecule has 0 radical (unpaired) electrons. The van der Waals surface area contributed by atoms with Gasteiger partial charge < -0.3 is 4.90 Å². The molecule has 1 atom stereocenters. The molecule has 1 unspecified atom stereocenters. The number of carbonyl (C=O) groups excluding carboxylic acids is 1. The molecule has 0 spiro atoms. The van der Waals surface area contributed by atoms with E-state index >= 15 is 0 Å². The van der Waals surface area contributed by atoms with Gasteiger partial charge in [-0.25, -0.2) is 4.98 Å². The third-order valence-electron chi connectivity index (χ3n) is 4.62. The first-order valence-corrected chi connectivity index (χ1v) is 8.72. The van der Waals surface area contributed by atoms with Gasteiger partial charge in [0.2, 0.25) is 5.91 Å². The summed E-state index contributed by atoms with van der Waals surface area (Å²) in [6, 6.07) is 14.2. The van der Waals surface area contributed by atoms with Crippen LogP contribution in [0.3, 0.4) is 0 Å². The van der Waals surface area contributed by atoms with E-state index < -0.39 is 0 Å². The molecular weight excluding hydrogens is 350 g/mol. The fourth-order valence-corrected chi connectivity index (χ4v) is 3.09. The Labute approximate surface area is 156 Å². The number of hydrogen-bond acceptors (Lipinski definition) is 3. The van der Waals surface area contributed by atoms with Crippen LogP contribution >= 0.6 is 11.6 Å². The highest BCUT2D eigenvalue weighted by atomic mass is 35.5. The summed E-state index contributed by atoms with van der Waals surface area (Å²) >= 11 is 6.03. The van der Waals surface area contributed by atoms with Crippen molar-refractivity contribution in [3.63, 3.8) is 0 Å². The maximum Gasteiger partial charge on any atom is 0.261 e. The number of aromatic nitrogens is 2. The van der Waals surface area contributed by atoms with Gasteiger partial charge in [0.1, 0.15) is 5.82 Å². The SMILES string of the molecule is CC(c1nc2cc(Cl)ccc2c(=O)n1C)N(C)C(=O)Cc1ccccc1. The lowest BCUT2D eigenvalue weighted by atomic mass is 10.1. The number of benzene rings is 2. The van der Waals surface area contributed by atoms with Crippen molar-refractivity contribution < 1.29 is 4.79 Å². The summed E-state index contributed by atoms with van der Waals surface area (Å²) in [6.45, 7) is 1.86. The average Bonchev–Trinajstić information content (AvgIpc) is 2.64. The Kier molecular flexibility index (Phi) is 5.09.